The predicted octanol–water partition coefficient (Wildman–Crippen LogP) is 0.919. The van der Waals surface area contributed by atoms with Crippen molar-refractivity contribution < 1.29 is 9.53 Å². The van der Waals surface area contributed by atoms with E-state index in [9.17, 15) is 4.79 Å². The van der Waals surface area contributed by atoms with Gasteiger partial charge in [-0.1, -0.05) is 12.1 Å². The number of nitrogens with one attached hydrogen (secondary N) is 2. The summed E-state index contributed by atoms with van der Waals surface area (Å²) in [7, 11) is 1.70. The van der Waals surface area contributed by atoms with E-state index in [4.69, 9.17) is 4.74 Å². The Labute approximate surface area is 150 Å². The molecule has 1 fully saturated rings. The zero-order valence-electron chi connectivity index (χ0n) is 15.4. The number of ether oxygens (including phenoxy) is 1. The number of para-hydroxylation sites is 2. The highest BCUT2D eigenvalue weighted by molar-refractivity contribution is 5.85. The molecule has 2 N–H and O–H groups in total. The van der Waals surface area contributed by atoms with E-state index >= 15 is 0 Å². The maximum atomic E-state index is 11.7. The van der Waals surface area contributed by atoms with Crippen LogP contribution in [0.15, 0.2) is 29.3 Å². The van der Waals surface area contributed by atoms with E-state index in [1.165, 1.54) is 0 Å². The Morgan fingerprint density at radius 1 is 1.12 bits per heavy atom. The first-order valence-electron chi connectivity index (χ1n) is 8.87. The molecular weight excluding hydrogens is 318 g/mol. The molecule has 0 spiro atoms. The molecule has 7 heteroatoms. The number of guanidine groups is 1. The van der Waals surface area contributed by atoms with Gasteiger partial charge in [0.15, 0.2) is 5.96 Å². The number of benzene rings is 1. The zero-order valence-corrected chi connectivity index (χ0v) is 15.4. The number of carbonyl (C=O) groups is 1. The number of methoxy groups -OCH3 is 1. The van der Waals surface area contributed by atoms with E-state index < -0.39 is 0 Å². The van der Waals surface area contributed by atoms with Gasteiger partial charge in [-0.2, -0.15) is 0 Å². The third-order valence-corrected chi connectivity index (χ3v) is 4.09. The van der Waals surface area contributed by atoms with Gasteiger partial charge in [-0.15, -0.1) is 0 Å². The van der Waals surface area contributed by atoms with E-state index in [0.29, 0.717) is 6.54 Å². The molecule has 1 amide bonds. The van der Waals surface area contributed by atoms with Crippen molar-refractivity contribution >= 4 is 17.6 Å². The molecule has 1 aromatic carbocycles. The molecule has 1 aliphatic heterocycles. The third-order valence-electron chi connectivity index (χ3n) is 4.09. The van der Waals surface area contributed by atoms with Crippen molar-refractivity contribution in [3.63, 3.8) is 0 Å². The maximum absolute atomic E-state index is 11.7. The minimum atomic E-state index is -0.0504. The Bertz CT molecular complexity index is 583. The van der Waals surface area contributed by atoms with Gasteiger partial charge in [0.25, 0.3) is 0 Å². The lowest BCUT2D eigenvalue weighted by Gasteiger charge is -2.38. The van der Waals surface area contributed by atoms with Crippen LogP contribution in [0.2, 0.25) is 0 Å². The summed E-state index contributed by atoms with van der Waals surface area (Å²) in [5.41, 5.74) is 1.12. The van der Waals surface area contributed by atoms with Gasteiger partial charge in [0.2, 0.25) is 5.91 Å². The number of amides is 1. The smallest absolute Gasteiger partial charge is 0.241 e. The number of likely N-dealkylation sites (N-methyl/N-ethyl adjacent to an activating group) is 1. The summed E-state index contributed by atoms with van der Waals surface area (Å²) in [6, 6.07) is 8.08. The number of nitrogens with zero attached hydrogens (tertiary/aromatic N) is 3. The van der Waals surface area contributed by atoms with Gasteiger partial charge in [-0.3, -0.25) is 4.79 Å². The minimum Gasteiger partial charge on any atom is -0.495 e. The molecular formula is C18H29N5O2. The van der Waals surface area contributed by atoms with Crippen LogP contribution in [0.25, 0.3) is 0 Å². The van der Waals surface area contributed by atoms with E-state index in [1.54, 1.807) is 7.11 Å². The van der Waals surface area contributed by atoms with Crippen LogP contribution in [-0.2, 0) is 4.79 Å². The van der Waals surface area contributed by atoms with Crippen molar-refractivity contribution in [3.8, 4) is 5.75 Å². The van der Waals surface area contributed by atoms with Crippen LogP contribution < -0.4 is 20.3 Å². The molecule has 0 aliphatic carbocycles. The summed E-state index contributed by atoms with van der Waals surface area (Å²) < 4.78 is 5.46. The summed E-state index contributed by atoms with van der Waals surface area (Å²) >= 11 is 0. The molecule has 7 nitrogen and oxygen atoms in total. The van der Waals surface area contributed by atoms with Crippen molar-refractivity contribution in [2.24, 2.45) is 4.99 Å². The topological polar surface area (TPSA) is 69.2 Å². The van der Waals surface area contributed by atoms with Crippen molar-refractivity contribution in [2.75, 3.05) is 57.8 Å². The molecule has 1 aromatic rings. The third kappa shape index (κ3) is 5.27. The molecule has 0 aromatic heterocycles. The number of piperazine rings is 1. The number of anilines is 1. The van der Waals surface area contributed by atoms with Crippen LogP contribution in [0, 0.1) is 0 Å². The molecule has 0 radical (unpaired) electrons. The molecule has 0 bridgehead atoms. The zero-order chi connectivity index (χ0) is 18.1. The number of aliphatic imine (C=N–C) groups is 1. The lowest BCUT2D eigenvalue weighted by molar-refractivity contribution is -0.119. The van der Waals surface area contributed by atoms with Gasteiger partial charge in [0.1, 0.15) is 12.3 Å². The SMILES string of the molecule is CCNC(=O)CN=C(NCC)N1CCN(c2ccccc2OC)CC1. The van der Waals surface area contributed by atoms with Gasteiger partial charge >= 0.3 is 0 Å². The van der Waals surface area contributed by atoms with Gasteiger partial charge in [0, 0.05) is 39.3 Å². The Kier molecular flexibility index (Phi) is 7.37. The van der Waals surface area contributed by atoms with Gasteiger partial charge < -0.3 is 25.2 Å². The Balaban J connectivity index is 1.98. The van der Waals surface area contributed by atoms with Gasteiger partial charge in [-0.05, 0) is 26.0 Å². The number of hydrogen-bond acceptors (Lipinski definition) is 4. The fraction of sp³-hybridized carbons (Fsp3) is 0.556. The second-order valence-electron chi connectivity index (χ2n) is 5.77. The van der Waals surface area contributed by atoms with Crippen LogP contribution in [0.3, 0.4) is 0 Å². The highest BCUT2D eigenvalue weighted by Gasteiger charge is 2.21. The van der Waals surface area contributed by atoms with Crippen molar-refractivity contribution in [1.29, 1.82) is 0 Å². The molecule has 0 unspecified atom stereocenters. The molecule has 25 heavy (non-hydrogen) atoms. The Morgan fingerprint density at radius 2 is 1.80 bits per heavy atom. The first-order valence-corrected chi connectivity index (χ1v) is 8.87. The number of hydrogen-bond donors (Lipinski definition) is 2. The van der Waals surface area contributed by atoms with Crippen LogP contribution in [-0.4, -0.2) is 69.7 Å². The highest BCUT2D eigenvalue weighted by Crippen LogP contribution is 2.28. The lowest BCUT2D eigenvalue weighted by atomic mass is 10.2. The molecule has 0 atom stereocenters. The van der Waals surface area contributed by atoms with Crippen LogP contribution in [0.1, 0.15) is 13.8 Å². The molecule has 0 saturated carbocycles. The number of carbonyl (C=O) groups excluding carboxylic acids is 1. The van der Waals surface area contributed by atoms with E-state index in [1.807, 2.05) is 32.0 Å². The summed E-state index contributed by atoms with van der Waals surface area (Å²) in [6.45, 7) is 8.96. The second kappa shape index (κ2) is 9.76. The van der Waals surface area contributed by atoms with Crippen LogP contribution >= 0.6 is 0 Å². The van der Waals surface area contributed by atoms with Crippen molar-refractivity contribution in [2.45, 2.75) is 13.8 Å². The average Bonchev–Trinajstić information content (AvgIpc) is 2.65. The first kappa shape index (κ1) is 18.9. The lowest BCUT2D eigenvalue weighted by Crippen LogP contribution is -2.52. The quantitative estimate of drug-likeness (QED) is 0.592. The Morgan fingerprint density at radius 3 is 2.44 bits per heavy atom. The maximum Gasteiger partial charge on any atom is 0.241 e. The fourth-order valence-corrected chi connectivity index (χ4v) is 2.88. The number of rotatable bonds is 6. The van der Waals surface area contributed by atoms with Crippen molar-refractivity contribution in [3.05, 3.63) is 24.3 Å². The molecule has 1 heterocycles. The summed E-state index contributed by atoms with van der Waals surface area (Å²) in [5, 5.41) is 6.05. The van der Waals surface area contributed by atoms with E-state index in [-0.39, 0.29) is 12.5 Å². The molecule has 138 valence electrons. The predicted molar refractivity (Wildman–Crippen MR) is 101 cm³/mol. The Hall–Kier alpha value is -2.44. The standard InChI is InChI=1S/C18H29N5O2/c1-4-19-17(24)14-21-18(20-5-2)23-12-10-22(11-13-23)15-8-6-7-9-16(15)25-3/h6-9H,4-5,10-14H2,1-3H3,(H,19,24)(H,20,21). The fourth-order valence-electron chi connectivity index (χ4n) is 2.88. The molecule has 1 aliphatic rings. The molecule has 2 rings (SSSR count). The van der Waals surface area contributed by atoms with Gasteiger partial charge in [-0.25, -0.2) is 4.99 Å². The summed E-state index contributed by atoms with van der Waals surface area (Å²) in [5.74, 6) is 1.65. The molecule has 1 saturated heterocycles. The average molecular weight is 347 g/mol. The van der Waals surface area contributed by atoms with Crippen LogP contribution in [0.4, 0.5) is 5.69 Å². The summed E-state index contributed by atoms with van der Waals surface area (Å²) in [6.07, 6.45) is 0. The van der Waals surface area contributed by atoms with Gasteiger partial charge in [0.05, 0.1) is 12.8 Å². The largest absolute Gasteiger partial charge is 0.495 e. The second-order valence-corrected chi connectivity index (χ2v) is 5.77. The van der Waals surface area contributed by atoms with E-state index in [2.05, 4.69) is 31.5 Å². The van der Waals surface area contributed by atoms with Crippen LogP contribution in [0.5, 0.6) is 5.75 Å². The first-order chi connectivity index (χ1) is 12.2. The summed E-state index contributed by atoms with van der Waals surface area (Å²) in [4.78, 5) is 20.6. The minimum absolute atomic E-state index is 0.0504. The monoisotopic (exact) mass is 347 g/mol. The highest BCUT2D eigenvalue weighted by atomic mass is 16.5. The normalized spacial score (nSPS) is 15.1. The van der Waals surface area contributed by atoms with E-state index in [0.717, 1.165) is 50.1 Å². The van der Waals surface area contributed by atoms with Crippen molar-refractivity contribution in [1.82, 2.24) is 15.5 Å².